The maximum absolute atomic E-state index is 12.6. The third kappa shape index (κ3) is 1.66. The molecule has 0 atom stereocenters. The van der Waals surface area contributed by atoms with Gasteiger partial charge in [-0.05, 0) is 30.5 Å². The van der Waals surface area contributed by atoms with Crippen LogP contribution in [-0.2, 0) is 5.41 Å². The number of imidazole rings is 1. The number of hydrogen-bond acceptors (Lipinski definition) is 2. The van der Waals surface area contributed by atoms with Crippen LogP contribution in [0.4, 0.5) is 0 Å². The molecule has 1 aromatic carbocycles. The lowest BCUT2D eigenvalue weighted by molar-refractivity contribution is 0.0694. The number of benzene rings is 1. The Kier molecular flexibility index (Phi) is 2.71. The predicted octanol–water partition coefficient (Wildman–Crippen LogP) is 3.30. The molecule has 3 nitrogen and oxygen atoms in total. The fourth-order valence-corrected chi connectivity index (χ4v) is 2.68. The van der Waals surface area contributed by atoms with Crippen molar-refractivity contribution in [3.8, 4) is 0 Å². The minimum absolute atomic E-state index is 0.105. The van der Waals surface area contributed by atoms with Crippen LogP contribution in [0.25, 0.3) is 0 Å². The molecule has 1 heterocycles. The molecule has 0 unspecified atom stereocenters. The van der Waals surface area contributed by atoms with Crippen LogP contribution in [0.3, 0.4) is 0 Å². The van der Waals surface area contributed by atoms with Gasteiger partial charge in [-0.25, -0.2) is 4.98 Å². The van der Waals surface area contributed by atoms with Crippen LogP contribution in [-0.4, -0.2) is 15.5 Å². The summed E-state index contributed by atoms with van der Waals surface area (Å²) in [5.41, 5.74) is 0.669. The Bertz CT molecular complexity index is 556. The summed E-state index contributed by atoms with van der Waals surface area (Å²) in [7, 11) is 0. The molecule has 1 aliphatic carbocycles. The van der Waals surface area contributed by atoms with Crippen molar-refractivity contribution in [2.45, 2.75) is 24.7 Å². The third-order valence-corrected chi connectivity index (χ3v) is 4.00. The molecule has 92 valence electrons. The van der Waals surface area contributed by atoms with E-state index in [1.54, 1.807) is 23.3 Å². The molecular formula is C14H13ClN2O. The van der Waals surface area contributed by atoms with E-state index < -0.39 is 0 Å². The molecule has 1 saturated carbocycles. The summed E-state index contributed by atoms with van der Waals surface area (Å²) in [6.45, 7) is 0. The molecule has 3 rings (SSSR count). The van der Waals surface area contributed by atoms with E-state index in [9.17, 15) is 4.79 Å². The summed E-state index contributed by atoms with van der Waals surface area (Å²) < 4.78 is 1.58. The number of carbonyl (C=O) groups is 1. The molecule has 0 saturated heterocycles. The molecule has 0 amide bonds. The first kappa shape index (κ1) is 11.5. The standard InChI is InChI=1S/C14H13ClN2O/c15-12-4-2-11(3-5-12)14(6-1-7-14)13(18)17-9-8-16-10-17/h2-5,8-10H,1,6-7H2. The van der Waals surface area contributed by atoms with Crippen LogP contribution in [0.1, 0.15) is 29.6 Å². The highest BCUT2D eigenvalue weighted by Gasteiger charge is 2.46. The van der Waals surface area contributed by atoms with Crippen molar-refractivity contribution in [2.75, 3.05) is 0 Å². The summed E-state index contributed by atoms with van der Waals surface area (Å²) in [5.74, 6) is 0.105. The topological polar surface area (TPSA) is 34.9 Å². The first-order valence-corrected chi connectivity index (χ1v) is 6.39. The van der Waals surface area contributed by atoms with E-state index in [1.165, 1.54) is 0 Å². The zero-order valence-electron chi connectivity index (χ0n) is 9.84. The van der Waals surface area contributed by atoms with Crippen molar-refractivity contribution < 1.29 is 4.79 Å². The second-order valence-electron chi connectivity index (χ2n) is 4.72. The quantitative estimate of drug-likeness (QED) is 0.830. The lowest BCUT2D eigenvalue weighted by atomic mass is 9.64. The van der Waals surface area contributed by atoms with Crippen LogP contribution < -0.4 is 0 Å². The first-order valence-electron chi connectivity index (χ1n) is 6.01. The van der Waals surface area contributed by atoms with Gasteiger partial charge in [-0.3, -0.25) is 9.36 Å². The number of halogens is 1. The first-order chi connectivity index (χ1) is 8.72. The van der Waals surface area contributed by atoms with Crippen molar-refractivity contribution in [2.24, 2.45) is 0 Å². The molecule has 0 N–H and O–H groups in total. The van der Waals surface area contributed by atoms with Gasteiger partial charge in [-0.2, -0.15) is 0 Å². The summed E-state index contributed by atoms with van der Waals surface area (Å²) in [5, 5.41) is 0.698. The fraction of sp³-hybridized carbons (Fsp3) is 0.286. The van der Waals surface area contributed by atoms with Gasteiger partial charge in [0.2, 0.25) is 5.91 Å². The van der Waals surface area contributed by atoms with Gasteiger partial charge < -0.3 is 0 Å². The van der Waals surface area contributed by atoms with Gasteiger partial charge in [0, 0.05) is 17.4 Å². The molecule has 0 spiro atoms. The number of nitrogens with zero attached hydrogens (tertiary/aromatic N) is 2. The molecule has 0 aliphatic heterocycles. The minimum atomic E-state index is -0.384. The maximum Gasteiger partial charge on any atom is 0.242 e. The Morgan fingerprint density at radius 1 is 1.28 bits per heavy atom. The summed E-state index contributed by atoms with van der Waals surface area (Å²) in [4.78, 5) is 16.5. The van der Waals surface area contributed by atoms with Crippen LogP contribution in [0.5, 0.6) is 0 Å². The van der Waals surface area contributed by atoms with Gasteiger partial charge in [0.1, 0.15) is 6.33 Å². The number of hydrogen-bond donors (Lipinski definition) is 0. The highest BCUT2D eigenvalue weighted by atomic mass is 35.5. The molecule has 0 radical (unpaired) electrons. The van der Waals surface area contributed by atoms with Crippen molar-refractivity contribution in [1.29, 1.82) is 0 Å². The Hall–Kier alpha value is -1.61. The molecule has 1 aromatic heterocycles. The van der Waals surface area contributed by atoms with E-state index in [-0.39, 0.29) is 11.3 Å². The van der Waals surface area contributed by atoms with Crippen molar-refractivity contribution >= 4 is 17.5 Å². The van der Waals surface area contributed by atoms with Gasteiger partial charge >= 0.3 is 0 Å². The smallest absolute Gasteiger partial charge is 0.242 e. The highest BCUT2D eigenvalue weighted by molar-refractivity contribution is 6.30. The predicted molar refractivity (Wildman–Crippen MR) is 69.8 cm³/mol. The molecule has 0 bridgehead atoms. The van der Waals surface area contributed by atoms with Crippen LogP contribution in [0, 0.1) is 0 Å². The average molecular weight is 261 g/mol. The van der Waals surface area contributed by atoms with Gasteiger partial charge in [0.05, 0.1) is 5.41 Å². The molecule has 4 heteroatoms. The number of aromatic nitrogens is 2. The average Bonchev–Trinajstić information content (AvgIpc) is 2.83. The minimum Gasteiger partial charge on any atom is -0.276 e. The maximum atomic E-state index is 12.6. The third-order valence-electron chi connectivity index (χ3n) is 3.75. The van der Waals surface area contributed by atoms with Gasteiger partial charge in [-0.15, -0.1) is 0 Å². The van der Waals surface area contributed by atoms with Crippen molar-refractivity contribution in [1.82, 2.24) is 9.55 Å². The second-order valence-corrected chi connectivity index (χ2v) is 5.15. The Labute approximate surface area is 110 Å². The van der Waals surface area contributed by atoms with E-state index >= 15 is 0 Å². The Balaban J connectivity index is 2.00. The van der Waals surface area contributed by atoms with Crippen molar-refractivity contribution in [3.63, 3.8) is 0 Å². The SMILES string of the molecule is O=C(n1ccnc1)C1(c2ccc(Cl)cc2)CCC1. The molecular weight excluding hydrogens is 248 g/mol. The summed E-state index contributed by atoms with van der Waals surface area (Å²) in [6, 6.07) is 7.60. The largest absolute Gasteiger partial charge is 0.276 e. The summed E-state index contributed by atoms with van der Waals surface area (Å²) >= 11 is 5.90. The Morgan fingerprint density at radius 3 is 2.50 bits per heavy atom. The monoisotopic (exact) mass is 260 g/mol. The van der Waals surface area contributed by atoms with Gasteiger partial charge in [-0.1, -0.05) is 30.2 Å². The van der Waals surface area contributed by atoms with Gasteiger partial charge in [0.15, 0.2) is 0 Å². The van der Waals surface area contributed by atoms with Crippen LogP contribution in [0.2, 0.25) is 5.02 Å². The highest BCUT2D eigenvalue weighted by Crippen LogP contribution is 2.45. The summed E-state index contributed by atoms with van der Waals surface area (Å²) in [6.07, 6.45) is 7.78. The molecule has 1 aliphatic rings. The van der Waals surface area contributed by atoms with Crippen LogP contribution >= 0.6 is 11.6 Å². The number of rotatable bonds is 2. The van der Waals surface area contributed by atoms with E-state index in [0.717, 1.165) is 24.8 Å². The second kappa shape index (κ2) is 4.25. The van der Waals surface area contributed by atoms with Crippen LogP contribution in [0.15, 0.2) is 43.0 Å². The van der Waals surface area contributed by atoms with E-state index in [0.29, 0.717) is 5.02 Å². The van der Waals surface area contributed by atoms with Gasteiger partial charge in [0.25, 0.3) is 0 Å². The van der Waals surface area contributed by atoms with E-state index in [4.69, 9.17) is 11.6 Å². The Morgan fingerprint density at radius 2 is 2.00 bits per heavy atom. The van der Waals surface area contributed by atoms with E-state index in [2.05, 4.69) is 4.98 Å². The normalized spacial score (nSPS) is 17.2. The molecule has 2 aromatic rings. The molecule has 1 fully saturated rings. The number of carbonyl (C=O) groups excluding carboxylic acids is 1. The lowest BCUT2D eigenvalue weighted by Crippen LogP contribution is -2.45. The van der Waals surface area contributed by atoms with Crippen molar-refractivity contribution in [3.05, 3.63) is 53.6 Å². The zero-order valence-corrected chi connectivity index (χ0v) is 10.6. The lowest BCUT2D eigenvalue weighted by Gasteiger charge is -2.40. The zero-order chi connectivity index (χ0) is 12.6. The van der Waals surface area contributed by atoms with E-state index in [1.807, 2.05) is 24.3 Å². The fourth-order valence-electron chi connectivity index (χ4n) is 2.55. The molecule has 18 heavy (non-hydrogen) atoms.